The quantitative estimate of drug-likeness (QED) is 0.439. The predicted octanol–water partition coefficient (Wildman–Crippen LogP) is 4.93. The molecular formula is C25H30F3N5O4S. The van der Waals surface area contributed by atoms with E-state index >= 15 is 0 Å². The zero-order valence-corrected chi connectivity index (χ0v) is 22.6. The van der Waals surface area contributed by atoms with Crippen molar-refractivity contribution in [1.29, 1.82) is 0 Å². The summed E-state index contributed by atoms with van der Waals surface area (Å²) < 4.78 is 76.0. The number of ether oxygens (including phenoxy) is 1. The lowest BCUT2D eigenvalue weighted by atomic mass is 9.91. The zero-order valence-electron chi connectivity index (χ0n) is 21.8. The molecule has 0 bridgehead atoms. The molecule has 1 aliphatic rings. The average molecular weight is 554 g/mol. The van der Waals surface area contributed by atoms with E-state index in [1.54, 1.807) is 19.1 Å². The third-order valence-corrected chi connectivity index (χ3v) is 7.71. The van der Waals surface area contributed by atoms with Crippen LogP contribution >= 0.6 is 0 Å². The first-order valence-electron chi connectivity index (χ1n) is 12.0. The molecule has 206 valence electrons. The highest BCUT2D eigenvalue weighted by atomic mass is 32.2. The van der Waals surface area contributed by atoms with Gasteiger partial charge in [0.25, 0.3) is 10.0 Å². The van der Waals surface area contributed by atoms with Gasteiger partial charge in [0.2, 0.25) is 5.88 Å². The van der Waals surface area contributed by atoms with Gasteiger partial charge >= 0.3 is 6.18 Å². The van der Waals surface area contributed by atoms with Crippen LogP contribution in [0.25, 0.3) is 0 Å². The average Bonchev–Trinajstić information content (AvgIpc) is 3.21. The van der Waals surface area contributed by atoms with Gasteiger partial charge in [-0.2, -0.15) is 13.2 Å². The van der Waals surface area contributed by atoms with E-state index in [9.17, 15) is 21.6 Å². The van der Waals surface area contributed by atoms with Gasteiger partial charge in [-0.15, -0.1) is 0 Å². The highest BCUT2D eigenvalue weighted by Gasteiger charge is 2.30. The standard InChI is InChI=1S/C25H30F3N5O4S/c1-15-22(24(3,4)5)37-31-23(15)32-38(34,35)19-7-6-17-8-9-33(13-18(17)10-19)16(2)20-11-30-21(12-29-20)36-14-25(26,27)28/h6-7,10-12,16H,8-9,13-14H2,1-5H3,(H,31,32)/t16-/m1/s1. The molecule has 0 saturated carbocycles. The minimum atomic E-state index is -4.46. The van der Waals surface area contributed by atoms with Gasteiger partial charge in [0.1, 0.15) is 5.76 Å². The Hall–Kier alpha value is -3.19. The van der Waals surface area contributed by atoms with Crippen molar-refractivity contribution in [2.45, 2.75) is 70.1 Å². The maximum atomic E-state index is 13.2. The lowest BCUT2D eigenvalue weighted by molar-refractivity contribution is -0.154. The molecule has 9 nitrogen and oxygen atoms in total. The van der Waals surface area contributed by atoms with Gasteiger partial charge < -0.3 is 9.26 Å². The number of anilines is 1. The molecule has 4 rings (SSSR count). The van der Waals surface area contributed by atoms with Crippen LogP contribution in [0.15, 0.2) is 40.0 Å². The van der Waals surface area contributed by atoms with Gasteiger partial charge in [0.05, 0.1) is 29.0 Å². The third kappa shape index (κ3) is 6.26. The normalized spacial score (nSPS) is 15.7. The van der Waals surface area contributed by atoms with Crippen molar-refractivity contribution in [2.24, 2.45) is 0 Å². The molecule has 1 atom stereocenters. The van der Waals surface area contributed by atoms with E-state index in [0.717, 1.165) is 11.1 Å². The minimum Gasteiger partial charge on any atom is -0.467 e. The fourth-order valence-corrected chi connectivity index (χ4v) is 5.44. The van der Waals surface area contributed by atoms with Gasteiger partial charge in [-0.1, -0.05) is 32.0 Å². The second-order valence-corrected chi connectivity index (χ2v) is 12.0. The van der Waals surface area contributed by atoms with Crippen molar-refractivity contribution in [3.05, 3.63) is 58.7 Å². The van der Waals surface area contributed by atoms with Gasteiger partial charge in [0, 0.05) is 24.1 Å². The first-order chi connectivity index (χ1) is 17.6. The Morgan fingerprint density at radius 1 is 1.16 bits per heavy atom. The number of hydrogen-bond acceptors (Lipinski definition) is 8. The van der Waals surface area contributed by atoms with Crippen LogP contribution in [0.2, 0.25) is 0 Å². The Kier molecular flexibility index (Phi) is 7.45. The molecule has 13 heteroatoms. The lowest BCUT2D eigenvalue weighted by Crippen LogP contribution is -2.33. The Labute approximate surface area is 219 Å². The van der Waals surface area contributed by atoms with Crippen LogP contribution in [-0.2, 0) is 28.4 Å². The number of halogens is 3. The van der Waals surface area contributed by atoms with E-state index < -0.39 is 22.8 Å². The number of aromatic nitrogens is 3. The molecule has 1 aromatic carbocycles. The maximum absolute atomic E-state index is 13.2. The van der Waals surface area contributed by atoms with E-state index in [4.69, 9.17) is 4.52 Å². The number of hydrogen-bond donors (Lipinski definition) is 1. The molecule has 0 radical (unpaired) electrons. The molecule has 0 saturated heterocycles. The topological polar surface area (TPSA) is 110 Å². The van der Waals surface area contributed by atoms with Crippen molar-refractivity contribution in [3.8, 4) is 5.88 Å². The minimum absolute atomic E-state index is 0.108. The molecule has 0 spiro atoms. The van der Waals surface area contributed by atoms with Gasteiger partial charge in [-0.25, -0.2) is 13.4 Å². The fourth-order valence-electron chi connectivity index (χ4n) is 4.33. The van der Waals surface area contributed by atoms with Gasteiger partial charge in [0.15, 0.2) is 12.4 Å². The summed E-state index contributed by atoms with van der Waals surface area (Å²) in [5.74, 6) is 0.555. The van der Waals surface area contributed by atoms with Crippen molar-refractivity contribution in [2.75, 3.05) is 17.9 Å². The largest absolute Gasteiger partial charge is 0.467 e. The monoisotopic (exact) mass is 553 g/mol. The third-order valence-electron chi connectivity index (χ3n) is 6.37. The fraction of sp³-hybridized carbons (Fsp3) is 0.480. The molecule has 0 fully saturated rings. The Balaban J connectivity index is 1.48. The molecular weight excluding hydrogens is 523 g/mol. The summed E-state index contributed by atoms with van der Waals surface area (Å²) in [4.78, 5) is 10.4. The van der Waals surface area contributed by atoms with Crippen LogP contribution in [0.1, 0.15) is 61.9 Å². The number of sulfonamides is 1. The van der Waals surface area contributed by atoms with Crippen LogP contribution in [-0.4, -0.2) is 47.8 Å². The maximum Gasteiger partial charge on any atom is 0.422 e. The number of rotatable bonds is 7. The Bertz CT molecular complexity index is 1400. The van der Waals surface area contributed by atoms with Crippen molar-refractivity contribution in [1.82, 2.24) is 20.0 Å². The molecule has 2 aromatic heterocycles. The van der Waals surface area contributed by atoms with Gasteiger partial charge in [-0.05, 0) is 43.5 Å². The number of benzene rings is 1. The highest BCUT2D eigenvalue weighted by molar-refractivity contribution is 7.92. The molecule has 0 aliphatic carbocycles. The first-order valence-corrected chi connectivity index (χ1v) is 13.5. The molecule has 1 aliphatic heterocycles. The molecule has 38 heavy (non-hydrogen) atoms. The van der Waals surface area contributed by atoms with E-state index in [0.29, 0.717) is 36.5 Å². The lowest BCUT2D eigenvalue weighted by Gasteiger charge is -2.33. The molecule has 1 N–H and O–H groups in total. The predicted molar refractivity (Wildman–Crippen MR) is 133 cm³/mol. The second kappa shape index (κ2) is 10.2. The second-order valence-electron chi connectivity index (χ2n) is 10.4. The van der Waals surface area contributed by atoms with Crippen LogP contribution in [0.4, 0.5) is 19.0 Å². The Morgan fingerprint density at radius 2 is 1.89 bits per heavy atom. The summed E-state index contributed by atoms with van der Waals surface area (Å²) in [6.45, 7) is 9.26. The first kappa shape index (κ1) is 27.8. The number of nitrogens with one attached hydrogen (secondary N) is 1. The van der Waals surface area contributed by atoms with E-state index in [2.05, 4.69) is 29.5 Å². The number of fused-ring (bicyclic) bond motifs is 1. The van der Waals surface area contributed by atoms with Crippen LogP contribution in [0, 0.1) is 6.92 Å². The summed E-state index contributed by atoms with van der Waals surface area (Å²) in [6.07, 6.45) is -1.20. The Morgan fingerprint density at radius 3 is 2.50 bits per heavy atom. The summed E-state index contributed by atoms with van der Waals surface area (Å²) >= 11 is 0. The summed E-state index contributed by atoms with van der Waals surface area (Å²) in [5, 5.41) is 3.93. The summed E-state index contributed by atoms with van der Waals surface area (Å²) in [6, 6.07) is 4.83. The van der Waals surface area contributed by atoms with Gasteiger partial charge in [-0.3, -0.25) is 14.6 Å². The van der Waals surface area contributed by atoms with E-state index in [1.165, 1.54) is 12.4 Å². The zero-order chi connectivity index (χ0) is 27.9. The number of alkyl halides is 3. The van der Waals surface area contributed by atoms with Crippen LogP contribution in [0.3, 0.4) is 0 Å². The SMILES string of the molecule is Cc1c(NS(=O)(=O)c2ccc3c(c2)CN([C@H](C)c2cnc(OCC(F)(F)F)cn2)CC3)noc1C(C)(C)C. The van der Waals surface area contributed by atoms with E-state index in [-0.39, 0.29) is 28.1 Å². The number of nitrogens with zero attached hydrogens (tertiary/aromatic N) is 4. The molecule has 0 amide bonds. The molecule has 0 unspecified atom stereocenters. The van der Waals surface area contributed by atoms with Crippen molar-refractivity contribution < 1.29 is 30.8 Å². The summed E-state index contributed by atoms with van der Waals surface area (Å²) in [5.41, 5.74) is 2.77. The van der Waals surface area contributed by atoms with Crippen LogP contribution < -0.4 is 9.46 Å². The van der Waals surface area contributed by atoms with Crippen molar-refractivity contribution in [3.63, 3.8) is 0 Å². The smallest absolute Gasteiger partial charge is 0.422 e. The van der Waals surface area contributed by atoms with E-state index in [1.807, 2.05) is 33.8 Å². The molecule has 3 aromatic rings. The molecule has 3 heterocycles. The van der Waals surface area contributed by atoms with Crippen LogP contribution in [0.5, 0.6) is 5.88 Å². The van der Waals surface area contributed by atoms with Crippen molar-refractivity contribution >= 4 is 15.8 Å². The summed E-state index contributed by atoms with van der Waals surface area (Å²) in [7, 11) is -3.92. The highest BCUT2D eigenvalue weighted by Crippen LogP contribution is 2.32.